The molecule has 0 atom stereocenters. The average Bonchev–Trinajstić information content (AvgIpc) is 2.67. The van der Waals surface area contributed by atoms with Gasteiger partial charge in [-0.1, -0.05) is 112 Å². The fourth-order valence-corrected chi connectivity index (χ4v) is 3.58. The van der Waals surface area contributed by atoms with Crippen LogP contribution in [0.3, 0.4) is 0 Å². The molecule has 0 aromatic heterocycles. The molecular weight excluding hydrogens is 312 g/mol. The van der Waals surface area contributed by atoms with E-state index in [2.05, 4.69) is 112 Å². The summed E-state index contributed by atoms with van der Waals surface area (Å²) in [7, 11) is 0. The monoisotopic (exact) mass is 336 g/mol. The van der Waals surface area contributed by atoms with Gasteiger partial charge in [0.1, 0.15) is 0 Å². The Morgan fingerprint density at radius 3 is 1.88 bits per heavy atom. The van der Waals surface area contributed by atoms with Crippen LogP contribution < -0.4 is 0 Å². The van der Waals surface area contributed by atoms with E-state index in [-0.39, 0.29) is 5.41 Å². The molecule has 128 valence electrons. The normalized spacial score (nSPS) is 11.7. The fourth-order valence-electron chi connectivity index (χ4n) is 3.58. The zero-order valence-corrected chi connectivity index (χ0v) is 15.7. The Hall–Kier alpha value is -2.86. The smallest absolute Gasteiger partial charge is 0.00268 e. The number of rotatable bonds is 2. The molecule has 4 aromatic carbocycles. The minimum absolute atomic E-state index is 0.166. The highest BCUT2D eigenvalue weighted by Gasteiger charge is 2.15. The zero-order valence-electron chi connectivity index (χ0n) is 15.7. The summed E-state index contributed by atoms with van der Waals surface area (Å²) in [6, 6.07) is 32.9. The van der Waals surface area contributed by atoms with Gasteiger partial charge in [-0.05, 0) is 44.0 Å². The Labute approximate surface area is 156 Å². The number of benzene rings is 4. The summed E-state index contributed by atoms with van der Waals surface area (Å²) in [5, 5.41) is 2.58. The van der Waals surface area contributed by atoms with E-state index < -0.39 is 0 Å². The lowest BCUT2D eigenvalue weighted by molar-refractivity contribution is 0.590. The van der Waals surface area contributed by atoms with Gasteiger partial charge < -0.3 is 0 Å². The first kappa shape index (κ1) is 16.6. The summed E-state index contributed by atoms with van der Waals surface area (Å²) in [6.07, 6.45) is 0. The van der Waals surface area contributed by atoms with Gasteiger partial charge in [-0.15, -0.1) is 0 Å². The van der Waals surface area contributed by atoms with Crippen molar-refractivity contribution in [3.05, 3.63) is 96.6 Å². The molecule has 0 aliphatic heterocycles. The lowest BCUT2D eigenvalue weighted by Crippen LogP contribution is -2.10. The Bertz CT molecular complexity index is 1030. The number of fused-ring (bicyclic) bond motifs is 1. The Balaban J connectivity index is 1.98. The average molecular weight is 336 g/mol. The number of hydrogen-bond acceptors (Lipinski definition) is 0. The minimum Gasteiger partial charge on any atom is -0.0622 e. The maximum absolute atomic E-state index is 2.27. The van der Waals surface area contributed by atoms with E-state index >= 15 is 0 Å². The molecule has 0 aliphatic carbocycles. The third kappa shape index (κ3) is 3.04. The molecule has 0 saturated carbocycles. The lowest BCUT2D eigenvalue weighted by atomic mass is 9.84. The summed E-state index contributed by atoms with van der Waals surface area (Å²) in [6.45, 7) is 6.78. The highest BCUT2D eigenvalue weighted by Crippen LogP contribution is 2.38. The summed E-state index contributed by atoms with van der Waals surface area (Å²) in [5.41, 5.74) is 6.66. The number of hydrogen-bond donors (Lipinski definition) is 0. The van der Waals surface area contributed by atoms with Gasteiger partial charge in [0.25, 0.3) is 0 Å². The maximum atomic E-state index is 2.27. The van der Waals surface area contributed by atoms with E-state index in [1.807, 2.05) is 0 Å². The van der Waals surface area contributed by atoms with Crippen LogP contribution in [0.1, 0.15) is 26.3 Å². The first-order chi connectivity index (χ1) is 12.5. The van der Waals surface area contributed by atoms with Crippen LogP contribution in [-0.2, 0) is 5.41 Å². The lowest BCUT2D eigenvalue weighted by Gasteiger charge is -2.20. The van der Waals surface area contributed by atoms with Crippen molar-refractivity contribution in [1.82, 2.24) is 0 Å². The fraction of sp³-hybridized carbons (Fsp3) is 0.154. The van der Waals surface area contributed by atoms with Crippen LogP contribution in [0, 0.1) is 0 Å². The van der Waals surface area contributed by atoms with Crippen molar-refractivity contribution >= 4 is 10.8 Å². The minimum atomic E-state index is 0.166. The molecule has 0 aliphatic rings. The van der Waals surface area contributed by atoms with Crippen molar-refractivity contribution in [2.75, 3.05) is 0 Å². The predicted molar refractivity (Wildman–Crippen MR) is 114 cm³/mol. The van der Waals surface area contributed by atoms with Gasteiger partial charge in [-0.2, -0.15) is 0 Å². The molecule has 26 heavy (non-hydrogen) atoms. The van der Waals surface area contributed by atoms with Crippen molar-refractivity contribution in [2.45, 2.75) is 26.2 Å². The topological polar surface area (TPSA) is 0 Å². The molecule has 0 saturated heterocycles. The van der Waals surface area contributed by atoms with Crippen molar-refractivity contribution < 1.29 is 0 Å². The molecule has 0 N–H and O–H groups in total. The molecule has 0 nitrogen and oxygen atoms in total. The van der Waals surface area contributed by atoms with E-state index in [4.69, 9.17) is 0 Å². The van der Waals surface area contributed by atoms with Gasteiger partial charge >= 0.3 is 0 Å². The Morgan fingerprint density at radius 2 is 1.19 bits per heavy atom. The summed E-state index contributed by atoms with van der Waals surface area (Å²) >= 11 is 0. The summed E-state index contributed by atoms with van der Waals surface area (Å²) in [5.74, 6) is 0. The van der Waals surface area contributed by atoms with Crippen molar-refractivity contribution in [3.63, 3.8) is 0 Å². The van der Waals surface area contributed by atoms with Crippen LogP contribution in [0.5, 0.6) is 0 Å². The first-order valence-corrected chi connectivity index (χ1v) is 9.22. The molecule has 0 fully saturated rings. The van der Waals surface area contributed by atoms with Gasteiger partial charge in [-0.3, -0.25) is 0 Å². The van der Waals surface area contributed by atoms with Crippen LogP contribution in [0.15, 0.2) is 91.0 Å². The molecule has 4 aromatic rings. The van der Waals surface area contributed by atoms with Crippen LogP contribution in [-0.4, -0.2) is 0 Å². The second-order valence-corrected chi connectivity index (χ2v) is 7.90. The van der Waals surface area contributed by atoms with E-state index in [1.54, 1.807) is 0 Å². The second kappa shape index (κ2) is 6.46. The molecule has 0 spiro atoms. The molecule has 0 bridgehead atoms. The molecule has 4 rings (SSSR count). The van der Waals surface area contributed by atoms with Gasteiger partial charge in [0.05, 0.1) is 0 Å². The van der Waals surface area contributed by atoms with E-state index in [1.165, 1.54) is 38.6 Å². The third-order valence-corrected chi connectivity index (χ3v) is 5.05. The summed E-state index contributed by atoms with van der Waals surface area (Å²) in [4.78, 5) is 0. The van der Waals surface area contributed by atoms with Crippen molar-refractivity contribution in [3.8, 4) is 22.3 Å². The molecule has 0 radical (unpaired) electrons. The molecular formula is C26H24. The van der Waals surface area contributed by atoms with Crippen LogP contribution in [0.2, 0.25) is 0 Å². The molecule has 0 heterocycles. The third-order valence-electron chi connectivity index (χ3n) is 5.05. The second-order valence-electron chi connectivity index (χ2n) is 7.90. The Kier molecular flexibility index (Phi) is 4.12. The predicted octanol–water partition coefficient (Wildman–Crippen LogP) is 7.47. The van der Waals surface area contributed by atoms with Crippen LogP contribution in [0.25, 0.3) is 33.0 Å². The standard InChI is InChI=1S/C26H24/c1-26(2,3)22-16-13-21(14-17-22)25-23-12-8-7-11-20(23)15-18-24(25)19-9-5-4-6-10-19/h4-18H,1-3H3. The van der Waals surface area contributed by atoms with Crippen molar-refractivity contribution in [2.24, 2.45) is 0 Å². The van der Waals surface area contributed by atoms with Gasteiger partial charge in [0.2, 0.25) is 0 Å². The quantitative estimate of drug-likeness (QED) is 0.356. The highest BCUT2D eigenvalue weighted by atomic mass is 14.2. The van der Waals surface area contributed by atoms with E-state index in [0.29, 0.717) is 0 Å². The van der Waals surface area contributed by atoms with Crippen LogP contribution >= 0.6 is 0 Å². The van der Waals surface area contributed by atoms with E-state index in [9.17, 15) is 0 Å². The van der Waals surface area contributed by atoms with Crippen LogP contribution in [0.4, 0.5) is 0 Å². The highest BCUT2D eigenvalue weighted by molar-refractivity contribution is 6.04. The molecule has 0 amide bonds. The maximum Gasteiger partial charge on any atom is -0.00268 e. The van der Waals surface area contributed by atoms with Gasteiger partial charge in [0.15, 0.2) is 0 Å². The molecule has 0 unspecified atom stereocenters. The van der Waals surface area contributed by atoms with Gasteiger partial charge in [0, 0.05) is 0 Å². The Morgan fingerprint density at radius 1 is 0.538 bits per heavy atom. The SMILES string of the molecule is CC(C)(C)c1ccc(-c2c(-c3ccccc3)ccc3ccccc23)cc1. The van der Waals surface area contributed by atoms with Gasteiger partial charge in [-0.25, -0.2) is 0 Å². The molecule has 0 heteroatoms. The zero-order chi connectivity index (χ0) is 18.1. The van der Waals surface area contributed by atoms with E-state index in [0.717, 1.165) is 0 Å². The van der Waals surface area contributed by atoms with Crippen molar-refractivity contribution in [1.29, 1.82) is 0 Å². The summed E-state index contributed by atoms with van der Waals surface area (Å²) < 4.78 is 0. The first-order valence-electron chi connectivity index (χ1n) is 9.22. The largest absolute Gasteiger partial charge is 0.0622 e.